The Hall–Kier alpha value is -1.65. The third-order valence-corrected chi connectivity index (χ3v) is 5.94. The average molecular weight is 358 g/mol. The fourth-order valence-corrected chi connectivity index (χ4v) is 4.29. The minimum Gasteiger partial charge on any atom is -0.381 e. The highest BCUT2D eigenvalue weighted by Crippen LogP contribution is 2.26. The maximum Gasteiger partial charge on any atom is 0.230 e. The molecule has 2 heterocycles. The van der Waals surface area contributed by atoms with Gasteiger partial charge in [-0.1, -0.05) is 43.3 Å². The second-order valence-corrected chi connectivity index (χ2v) is 7.61. The number of carbonyl (C=O) groups excluding carboxylic acids is 1. The van der Waals surface area contributed by atoms with E-state index >= 15 is 0 Å². The van der Waals surface area contributed by atoms with Crippen LogP contribution in [0.3, 0.4) is 0 Å². The Balaban J connectivity index is 1.77. The van der Waals surface area contributed by atoms with Crippen molar-refractivity contribution in [2.24, 2.45) is 0 Å². The monoisotopic (exact) mass is 357 g/mol. The highest BCUT2D eigenvalue weighted by Gasteiger charge is 2.30. The lowest BCUT2D eigenvalue weighted by molar-refractivity contribution is -0.137. The summed E-state index contributed by atoms with van der Waals surface area (Å²) in [5, 5.41) is 2.11. The van der Waals surface area contributed by atoms with Gasteiger partial charge >= 0.3 is 0 Å². The molecule has 1 aliphatic rings. The molecule has 0 aliphatic carbocycles. The molecule has 1 aromatic carbocycles. The summed E-state index contributed by atoms with van der Waals surface area (Å²) in [7, 11) is 0. The van der Waals surface area contributed by atoms with Gasteiger partial charge in [-0.15, -0.1) is 11.3 Å². The fraction of sp³-hybridized carbons (Fsp3) is 0.476. The van der Waals surface area contributed by atoms with E-state index in [9.17, 15) is 4.79 Å². The molecule has 1 fully saturated rings. The molecule has 0 N–H and O–H groups in total. The van der Waals surface area contributed by atoms with Gasteiger partial charge in [-0.05, 0) is 42.7 Å². The van der Waals surface area contributed by atoms with E-state index in [0.29, 0.717) is 6.04 Å². The number of hydrogen-bond donors (Lipinski definition) is 0. The molecular weight excluding hydrogens is 330 g/mol. The Labute approximate surface area is 154 Å². The Morgan fingerprint density at radius 3 is 2.60 bits per heavy atom. The van der Waals surface area contributed by atoms with Crippen LogP contribution in [0.4, 0.5) is 0 Å². The van der Waals surface area contributed by atoms with E-state index in [0.717, 1.165) is 51.0 Å². The van der Waals surface area contributed by atoms with Gasteiger partial charge in [0.15, 0.2) is 0 Å². The average Bonchev–Trinajstić information content (AvgIpc) is 3.18. The quantitative estimate of drug-likeness (QED) is 0.730. The first kappa shape index (κ1) is 18.2. The molecule has 1 aliphatic heterocycles. The van der Waals surface area contributed by atoms with E-state index in [1.54, 1.807) is 11.3 Å². The van der Waals surface area contributed by atoms with E-state index in [4.69, 9.17) is 4.74 Å². The van der Waals surface area contributed by atoms with Crippen molar-refractivity contribution in [3.05, 3.63) is 58.3 Å². The minimum absolute atomic E-state index is 0.0487. The SMILES string of the molecule is CCC(C(=O)N(CCc1cccs1)C1CCOCC1)c1ccccc1. The first-order valence-corrected chi connectivity index (χ1v) is 10.1. The third-order valence-electron chi connectivity index (χ3n) is 5.00. The van der Waals surface area contributed by atoms with E-state index in [1.165, 1.54) is 4.88 Å². The Bertz CT molecular complexity index is 635. The molecule has 0 bridgehead atoms. The van der Waals surface area contributed by atoms with Crippen molar-refractivity contribution in [3.8, 4) is 0 Å². The van der Waals surface area contributed by atoms with Crippen LogP contribution in [0.25, 0.3) is 0 Å². The molecule has 1 aromatic heterocycles. The van der Waals surface area contributed by atoms with E-state index < -0.39 is 0 Å². The summed E-state index contributed by atoms with van der Waals surface area (Å²) in [6.45, 7) is 4.43. The molecular formula is C21H27NO2S. The number of nitrogens with zero attached hydrogens (tertiary/aromatic N) is 1. The van der Waals surface area contributed by atoms with Gasteiger partial charge in [0.1, 0.15) is 0 Å². The fourth-order valence-electron chi connectivity index (χ4n) is 3.59. The number of benzene rings is 1. The van der Waals surface area contributed by atoms with Crippen LogP contribution < -0.4 is 0 Å². The molecule has 1 atom stereocenters. The first-order chi connectivity index (χ1) is 12.3. The van der Waals surface area contributed by atoms with Crippen molar-refractivity contribution in [2.75, 3.05) is 19.8 Å². The van der Waals surface area contributed by atoms with E-state index in [1.807, 2.05) is 18.2 Å². The number of amides is 1. The third kappa shape index (κ3) is 4.71. The largest absolute Gasteiger partial charge is 0.381 e. The van der Waals surface area contributed by atoms with E-state index in [2.05, 4.69) is 41.5 Å². The predicted octanol–water partition coefficient (Wildman–Crippen LogP) is 4.49. The number of thiophene rings is 1. The van der Waals surface area contributed by atoms with Crippen LogP contribution in [0.1, 0.15) is 42.5 Å². The molecule has 3 rings (SSSR count). The van der Waals surface area contributed by atoms with Crippen molar-refractivity contribution < 1.29 is 9.53 Å². The molecule has 134 valence electrons. The molecule has 1 saturated heterocycles. The van der Waals surface area contributed by atoms with Crippen molar-refractivity contribution in [1.82, 2.24) is 4.90 Å². The Morgan fingerprint density at radius 2 is 1.96 bits per heavy atom. The number of hydrogen-bond acceptors (Lipinski definition) is 3. The summed E-state index contributed by atoms with van der Waals surface area (Å²) in [4.78, 5) is 16.9. The molecule has 3 nitrogen and oxygen atoms in total. The van der Waals surface area contributed by atoms with Crippen LogP contribution in [0.15, 0.2) is 47.8 Å². The first-order valence-electron chi connectivity index (χ1n) is 9.25. The minimum atomic E-state index is -0.0487. The van der Waals surface area contributed by atoms with Crippen LogP contribution in [0.2, 0.25) is 0 Å². The summed E-state index contributed by atoms with van der Waals surface area (Å²) in [6, 6.07) is 14.8. The van der Waals surface area contributed by atoms with Crippen molar-refractivity contribution in [1.29, 1.82) is 0 Å². The maximum atomic E-state index is 13.4. The van der Waals surface area contributed by atoms with Crippen LogP contribution in [0.5, 0.6) is 0 Å². The molecule has 25 heavy (non-hydrogen) atoms. The van der Waals surface area contributed by atoms with Crippen LogP contribution in [-0.4, -0.2) is 36.6 Å². The molecule has 1 amide bonds. The van der Waals surface area contributed by atoms with Gasteiger partial charge in [0.05, 0.1) is 5.92 Å². The van der Waals surface area contributed by atoms with E-state index in [-0.39, 0.29) is 11.8 Å². The van der Waals surface area contributed by atoms with Gasteiger partial charge in [-0.2, -0.15) is 0 Å². The maximum absolute atomic E-state index is 13.4. The lowest BCUT2D eigenvalue weighted by Gasteiger charge is -2.36. The zero-order valence-corrected chi connectivity index (χ0v) is 15.7. The van der Waals surface area contributed by atoms with Gasteiger partial charge in [-0.25, -0.2) is 0 Å². The Kier molecular flexibility index (Phi) is 6.65. The Morgan fingerprint density at radius 1 is 1.20 bits per heavy atom. The number of rotatable bonds is 7. The van der Waals surface area contributed by atoms with Gasteiger partial charge in [-0.3, -0.25) is 4.79 Å². The summed E-state index contributed by atoms with van der Waals surface area (Å²) >= 11 is 1.77. The summed E-state index contributed by atoms with van der Waals surface area (Å²) in [6.07, 6.45) is 3.66. The normalized spacial score (nSPS) is 16.5. The zero-order valence-electron chi connectivity index (χ0n) is 14.9. The second-order valence-electron chi connectivity index (χ2n) is 6.58. The van der Waals surface area contributed by atoms with Crippen molar-refractivity contribution >= 4 is 17.2 Å². The summed E-state index contributed by atoms with van der Waals surface area (Å²) < 4.78 is 5.52. The lowest BCUT2D eigenvalue weighted by Crippen LogP contribution is -2.46. The molecule has 2 aromatic rings. The van der Waals surface area contributed by atoms with Crippen molar-refractivity contribution in [2.45, 2.75) is 44.6 Å². The zero-order chi connectivity index (χ0) is 17.5. The molecule has 4 heteroatoms. The predicted molar refractivity (Wildman–Crippen MR) is 103 cm³/mol. The second kappa shape index (κ2) is 9.16. The summed E-state index contributed by atoms with van der Waals surface area (Å²) in [5.41, 5.74) is 1.13. The number of ether oxygens (including phenoxy) is 1. The van der Waals surface area contributed by atoms with Gasteiger partial charge in [0, 0.05) is 30.7 Å². The molecule has 0 radical (unpaired) electrons. The summed E-state index contributed by atoms with van der Waals surface area (Å²) in [5.74, 6) is 0.226. The molecule has 0 saturated carbocycles. The van der Waals surface area contributed by atoms with Gasteiger partial charge in [0.25, 0.3) is 0 Å². The van der Waals surface area contributed by atoms with Gasteiger partial charge < -0.3 is 9.64 Å². The molecule has 0 spiro atoms. The van der Waals surface area contributed by atoms with Gasteiger partial charge in [0.2, 0.25) is 5.91 Å². The smallest absolute Gasteiger partial charge is 0.230 e. The number of carbonyl (C=O) groups is 1. The van der Waals surface area contributed by atoms with Crippen LogP contribution in [-0.2, 0) is 16.0 Å². The molecule has 1 unspecified atom stereocenters. The van der Waals surface area contributed by atoms with Crippen LogP contribution >= 0.6 is 11.3 Å². The van der Waals surface area contributed by atoms with Crippen molar-refractivity contribution in [3.63, 3.8) is 0 Å². The highest BCUT2D eigenvalue weighted by molar-refractivity contribution is 7.09. The van der Waals surface area contributed by atoms with Crippen LogP contribution in [0, 0.1) is 0 Å². The standard InChI is InChI=1S/C21H27NO2S/c1-2-20(17-7-4-3-5-8-17)21(23)22(18-11-14-24-15-12-18)13-10-19-9-6-16-25-19/h3-9,16,18,20H,2,10-15H2,1H3. The highest BCUT2D eigenvalue weighted by atomic mass is 32.1. The lowest BCUT2D eigenvalue weighted by atomic mass is 9.93. The topological polar surface area (TPSA) is 29.5 Å².